The average molecular weight is 264 g/mol. The second kappa shape index (κ2) is 4.98. The molecule has 0 heterocycles. The lowest BCUT2D eigenvalue weighted by molar-refractivity contribution is -0.106. The topological polar surface area (TPSA) is 60.8 Å². The predicted octanol–water partition coefficient (Wildman–Crippen LogP) is 3.05. The van der Waals surface area contributed by atoms with Crippen LogP contribution in [0.15, 0.2) is 42.5 Å². The zero-order valence-corrected chi connectivity index (χ0v) is 10.0. The number of anilines is 2. The first-order valence-corrected chi connectivity index (χ1v) is 5.52. The molecule has 2 rings (SSSR count). The molecule has 0 spiro atoms. The first-order chi connectivity index (χ1) is 8.63. The third-order valence-corrected chi connectivity index (χ3v) is 2.68. The minimum absolute atomic E-state index is 0.0658. The third-order valence-electron chi connectivity index (χ3n) is 2.44. The van der Waals surface area contributed by atoms with Crippen molar-refractivity contribution in [3.63, 3.8) is 0 Å². The summed E-state index contributed by atoms with van der Waals surface area (Å²) in [6.07, 6.45) is 0.500. The van der Waals surface area contributed by atoms with Gasteiger partial charge in [-0.15, -0.1) is 0 Å². The zero-order valence-electron chi connectivity index (χ0n) is 9.25. The molecule has 0 bridgehead atoms. The van der Waals surface area contributed by atoms with Crippen molar-refractivity contribution >= 4 is 29.4 Å². The fourth-order valence-corrected chi connectivity index (χ4v) is 1.77. The molecule has 4 nitrogen and oxygen atoms in total. The quantitative estimate of drug-likeness (QED) is 0.837. The number of nitrogens with zero attached hydrogens (tertiary/aromatic N) is 1. The van der Waals surface area contributed by atoms with Crippen LogP contribution < -0.4 is 4.90 Å². The lowest BCUT2D eigenvalue weighted by atomic mass is 10.2. The Morgan fingerprint density at radius 1 is 1.00 bits per heavy atom. The standard InChI is InChI=1S/C13H10ClNO3/c14-9-5-6-13(18)11(7-9)15(8-16)10-3-1-2-4-12(10)17/h1-8,17-18H. The number of phenols is 2. The van der Waals surface area contributed by atoms with Crippen molar-refractivity contribution in [1.82, 2.24) is 0 Å². The van der Waals surface area contributed by atoms with E-state index in [4.69, 9.17) is 11.6 Å². The van der Waals surface area contributed by atoms with Gasteiger partial charge in [-0.25, -0.2) is 0 Å². The van der Waals surface area contributed by atoms with Gasteiger partial charge in [-0.3, -0.25) is 9.69 Å². The Labute approximate surface area is 109 Å². The highest BCUT2D eigenvalue weighted by Crippen LogP contribution is 2.37. The van der Waals surface area contributed by atoms with Crippen LogP contribution in [0, 0.1) is 0 Å². The molecule has 0 fully saturated rings. The molecule has 0 radical (unpaired) electrons. The molecule has 2 N–H and O–H groups in total. The van der Waals surface area contributed by atoms with E-state index in [-0.39, 0.29) is 22.9 Å². The number of para-hydroxylation sites is 2. The summed E-state index contributed by atoms with van der Waals surface area (Å²) in [4.78, 5) is 12.3. The van der Waals surface area contributed by atoms with E-state index in [1.54, 1.807) is 18.2 Å². The fraction of sp³-hybridized carbons (Fsp3) is 0. The second-order valence-corrected chi connectivity index (χ2v) is 4.03. The van der Waals surface area contributed by atoms with Crippen LogP contribution in [0.3, 0.4) is 0 Å². The van der Waals surface area contributed by atoms with Crippen molar-refractivity contribution < 1.29 is 15.0 Å². The van der Waals surface area contributed by atoms with E-state index in [9.17, 15) is 15.0 Å². The fourth-order valence-electron chi connectivity index (χ4n) is 1.60. The molecule has 0 aliphatic carbocycles. The first kappa shape index (κ1) is 12.3. The van der Waals surface area contributed by atoms with E-state index in [1.165, 1.54) is 24.3 Å². The highest BCUT2D eigenvalue weighted by molar-refractivity contribution is 6.31. The summed E-state index contributed by atoms with van der Waals surface area (Å²) in [5.41, 5.74) is 0.476. The Morgan fingerprint density at radius 3 is 2.33 bits per heavy atom. The van der Waals surface area contributed by atoms with Crippen molar-refractivity contribution in [2.24, 2.45) is 0 Å². The van der Waals surface area contributed by atoms with Gasteiger partial charge in [-0.05, 0) is 30.3 Å². The molecule has 92 valence electrons. The highest BCUT2D eigenvalue weighted by atomic mass is 35.5. The van der Waals surface area contributed by atoms with Gasteiger partial charge in [0.2, 0.25) is 6.41 Å². The van der Waals surface area contributed by atoms with Crippen molar-refractivity contribution in [1.29, 1.82) is 0 Å². The number of carbonyl (C=O) groups is 1. The summed E-state index contributed by atoms with van der Waals surface area (Å²) < 4.78 is 0. The maximum Gasteiger partial charge on any atom is 0.218 e. The van der Waals surface area contributed by atoms with Crippen LogP contribution in [0.4, 0.5) is 11.4 Å². The van der Waals surface area contributed by atoms with Crippen LogP contribution in [0.2, 0.25) is 5.02 Å². The Bertz CT molecular complexity index is 586. The summed E-state index contributed by atoms with van der Waals surface area (Å²) in [6.45, 7) is 0. The van der Waals surface area contributed by atoms with E-state index >= 15 is 0 Å². The molecule has 18 heavy (non-hydrogen) atoms. The summed E-state index contributed by atoms with van der Waals surface area (Å²) >= 11 is 5.83. The summed E-state index contributed by atoms with van der Waals surface area (Å²) in [5.74, 6) is -0.168. The Kier molecular flexibility index (Phi) is 3.39. The molecule has 0 aliphatic heterocycles. The molecular formula is C13H10ClNO3. The first-order valence-electron chi connectivity index (χ1n) is 5.14. The molecule has 0 aromatic heterocycles. The van der Waals surface area contributed by atoms with Crippen LogP contribution in [-0.2, 0) is 4.79 Å². The van der Waals surface area contributed by atoms with E-state index in [1.807, 2.05) is 0 Å². The summed E-state index contributed by atoms with van der Waals surface area (Å²) in [5, 5.41) is 19.8. The molecule has 5 heteroatoms. The lowest BCUT2D eigenvalue weighted by Crippen LogP contribution is -2.14. The van der Waals surface area contributed by atoms with Gasteiger partial charge < -0.3 is 10.2 Å². The Hall–Kier alpha value is -2.20. The van der Waals surface area contributed by atoms with Gasteiger partial charge in [0.05, 0.1) is 11.4 Å². The number of phenolic OH excluding ortho intramolecular Hbond substituents is 2. The molecule has 0 aliphatic rings. The Morgan fingerprint density at radius 2 is 1.67 bits per heavy atom. The molecule has 2 aromatic rings. The highest BCUT2D eigenvalue weighted by Gasteiger charge is 2.15. The van der Waals surface area contributed by atoms with E-state index in [0.29, 0.717) is 11.4 Å². The van der Waals surface area contributed by atoms with Gasteiger partial charge in [-0.1, -0.05) is 23.7 Å². The van der Waals surface area contributed by atoms with E-state index in [0.717, 1.165) is 4.90 Å². The van der Waals surface area contributed by atoms with Gasteiger partial charge in [0.25, 0.3) is 0 Å². The largest absolute Gasteiger partial charge is 0.506 e. The van der Waals surface area contributed by atoms with Gasteiger partial charge in [0.1, 0.15) is 11.5 Å². The number of rotatable bonds is 3. The minimum atomic E-state index is -0.102. The van der Waals surface area contributed by atoms with E-state index < -0.39 is 0 Å². The molecule has 0 saturated carbocycles. The monoisotopic (exact) mass is 263 g/mol. The maximum atomic E-state index is 11.2. The predicted molar refractivity (Wildman–Crippen MR) is 69.4 cm³/mol. The maximum absolute atomic E-state index is 11.2. The average Bonchev–Trinajstić information content (AvgIpc) is 2.36. The van der Waals surface area contributed by atoms with Crippen LogP contribution in [-0.4, -0.2) is 16.6 Å². The number of hydrogen-bond acceptors (Lipinski definition) is 3. The molecule has 1 amide bonds. The van der Waals surface area contributed by atoms with E-state index in [2.05, 4.69) is 0 Å². The van der Waals surface area contributed by atoms with Crippen molar-refractivity contribution in [3.8, 4) is 11.5 Å². The Balaban J connectivity index is 2.56. The lowest BCUT2D eigenvalue weighted by Gasteiger charge is -2.19. The van der Waals surface area contributed by atoms with Crippen molar-refractivity contribution in [2.45, 2.75) is 0 Å². The summed E-state index contributed by atoms with van der Waals surface area (Å²) in [7, 11) is 0. The molecular weight excluding hydrogens is 254 g/mol. The molecule has 2 aromatic carbocycles. The number of aromatic hydroxyl groups is 2. The van der Waals surface area contributed by atoms with Gasteiger partial charge in [-0.2, -0.15) is 0 Å². The molecule has 0 saturated heterocycles. The number of hydrogen-bond donors (Lipinski definition) is 2. The molecule has 0 unspecified atom stereocenters. The SMILES string of the molecule is O=CN(c1ccccc1O)c1cc(Cl)ccc1O. The van der Waals surface area contributed by atoms with Crippen molar-refractivity contribution in [3.05, 3.63) is 47.5 Å². The minimum Gasteiger partial charge on any atom is -0.506 e. The number of benzene rings is 2. The number of amides is 1. The second-order valence-electron chi connectivity index (χ2n) is 3.60. The normalized spacial score (nSPS) is 10.1. The van der Waals surface area contributed by atoms with Crippen molar-refractivity contribution in [2.75, 3.05) is 4.90 Å². The van der Waals surface area contributed by atoms with Gasteiger partial charge in [0, 0.05) is 5.02 Å². The zero-order chi connectivity index (χ0) is 13.1. The number of halogens is 1. The smallest absolute Gasteiger partial charge is 0.218 e. The van der Waals surface area contributed by atoms with Crippen LogP contribution in [0.25, 0.3) is 0 Å². The number of carbonyl (C=O) groups excluding carboxylic acids is 1. The van der Waals surface area contributed by atoms with Gasteiger partial charge >= 0.3 is 0 Å². The molecule has 0 atom stereocenters. The summed E-state index contributed by atoms with van der Waals surface area (Å²) in [6, 6.07) is 10.7. The van der Waals surface area contributed by atoms with Gasteiger partial charge in [0.15, 0.2) is 0 Å². The third kappa shape index (κ3) is 2.24. The van der Waals surface area contributed by atoms with Crippen LogP contribution in [0.1, 0.15) is 0 Å². The van der Waals surface area contributed by atoms with Crippen LogP contribution >= 0.6 is 11.6 Å². The van der Waals surface area contributed by atoms with Crippen LogP contribution in [0.5, 0.6) is 11.5 Å².